The molecule has 7 heteroatoms. The van der Waals surface area contributed by atoms with Crippen LogP contribution in [0, 0.1) is 11.6 Å². The Morgan fingerprint density at radius 1 is 1.24 bits per heavy atom. The second kappa shape index (κ2) is 5.31. The lowest BCUT2D eigenvalue weighted by Gasteiger charge is -2.03. The van der Waals surface area contributed by atoms with Crippen molar-refractivity contribution in [2.24, 2.45) is 0 Å². The Kier molecular flexibility index (Phi) is 4.28. The Morgan fingerprint density at radius 2 is 1.76 bits per heavy atom. The predicted octanol–water partition coefficient (Wildman–Crippen LogP) is 3.45. The second-order valence-corrected chi connectivity index (χ2v) is 4.08. The van der Waals surface area contributed by atoms with Crippen LogP contribution in [0.4, 0.5) is 23.2 Å². The van der Waals surface area contributed by atoms with Crippen LogP contribution in [0.3, 0.4) is 0 Å². The molecule has 0 aliphatic rings. The minimum Gasteiger partial charge on any atom is -0.322 e. The fourth-order valence-electron chi connectivity index (χ4n) is 0.980. The number of carbonyl (C=O) groups excluding carboxylic acids is 1. The molecule has 0 aliphatic carbocycles. The van der Waals surface area contributed by atoms with E-state index in [-0.39, 0.29) is 5.69 Å². The highest BCUT2D eigenvalue weighted by molar-refractivity contribution is 9.10. The highest BCUT2D eigenvalue weighted by atomic mass is 79.9. The van der Waals surface area contributed by atoms with Crippen molar-refractivity contribution in [3.8, 4) is 0 Å². The standard InChI is InChI=1S/C10H6BrF4NO/c11-10(14,15)2-1-9(17)16-8-4-6(12)3-7(13)5-8/h1-5H,(H,16,17)/b2-1+. The molecule has 0 fully saturated rings. The second-order valence-electron chi connectivity index (χ2n) is 3.02. The monoisotopic (exact) mass is 311 g/mol. The van der Waals surface area contributed by atoms with Crippen LogP contribution in [-0.2, 0) is 4.79 Å². The normalized spacial score (nSPS) is 11.8. The Balaban J connectivity index is 2.72. The van der Waals surface area contributed by atoms with E-state index in [4.69, 9.17) is 0 Å². The summed E-state index contributed by atoms with van der Waals surface area (Å²) in [5.41, 5.74) is -0.157. The quantitative estimate of drug-likeness (QED) is 0.517. The molecule has 0 heterocycles. The Bertz CT molecular complexity index is 436. The van der Waals surface area contributed by atoms with Gasteiger partial charge in [-0.2, -0.15) is 8.78 Å². The average molecular weight is 312 g/mol. The van der Waals surface area contributed by atoms with Crippen LogP contribution >= 0.6 is 15.9 Å². The number of rotatable bonds is 3. The van der Waals surface area contributed by atoms with Gasteiger partial charge in [0.15, 0.2) is 0 Å². The van der Waals surface area contributed by atoms with Gasteiger partial charge >= 0.3 is 4.83 Å². The highest BCUT2D eigenvalue weighted by Crippen LogP contribution is 2.22. The molecule has 0 saturated carbocycles. The zero-order chi connectivity index (χ0) is 13.1. The molecule has 0 aliphatic heterocycles. The van der Waals surface area contributed by atoms with Gasteiger partial charge in [-0.05, 0) is 28.1 Å². The molecular weight excluding hydrogens is 306 g/mol. The number of benzene rings is 1. The molecule has 0 atom stereocenters. The first kappa shape index (κ1) is 13.7. The van der Waals surface area contributed by atoms with Crippen molar-refractivity contribution in [3.05, 3.63) is 42.0 Å². The summed E-state index contributed by atoms with van der Waals surface area (Å²) in [6.07, 6.45) is 0.857. The predicted molar refractivity (Wildman–Crippen MR) is 58.0 cm³/mol. The van der Waals surface area contributed by atoms with Crippen molar-refractivity contribution in [2.45, 2.75) is 4.83 Å². The molecule has 2 nitrogen and oxygen atoms in total. The molecular formula is C10H6BrF4NO. The Labute approximate surface area is 102 Å². The lowest BCUT2D eigenvalue weighted by molar-refractivity contribution is -0.112. The van der Waals surface area contributed by atoms with Crippen LogP contribution < -0.4 is 5.32 Å². The zero-order valence-corrected chi connectivity index (χ0v) is 9.77. The van der Waals surface area contributed by atoms with Crippen LogP contribution in [-0.4, -0.2) is 10.7 Å². The fraction of sp³-hybridized carbons (Fsp3) is 0.100. The van der Waals surface area contributed by atoms with Gasteiger partial charge in [-0.1, -0.05) is 0 Å². The molecule has 1 aromatic carbocycles. The first-order chi connectivity index (χ1) is 7.76. The third-order valence-electron chi connectivity index (χ3n) is 1.55. The van der Waals surface area contributed by atoms with E-state index < -0.39 is 22.4 Å². The molecule has 1 amide bonds. The molecule has 1 rings (SSSR count). The van der Waals surface area contributed by atoms with Crippen molar-refractivity contribution in [3.63, 3.8) is 0 Å². The van der Waals surface area contributed by atoms with Crippen molar-refractivity contribution in [1.29, 1.82) is 0 Å². The number of carbonyl (C=O) groups is 1. The van der Waals surface area contributed by atoms with Crippen LogP contribution in [0.2, 0.25) is 0 Å². The van der Waals surface area contributed by atoms with E-state index in [0.717, 1.165) is 12.1 Å². The summed E-state index contributed by atoms with van der Waals surface area (Å²) < 4.78 is 50.0. The van der Waals surface area contributed by atoms with Crippen LogP contribution in [0.1, 0.15) is 0 Å². The summed E-state index contributed by atoms with van der Waals surface area (Å²) >= 11 is 2.00. The van der Waals surface area contributed by atoms with Gasteiger partial charge in [0.05, 0.1) is 0 Å². The Hall–Kier alpha value is -1.37. The fourth-order valence-corrected chi connectivity index (χ4v) is 1.11. The van der Waals surface area contributed by atoms with Gasteiger partial charge in [-0.15, -0.1) is 0 Å². The summed E-state index contributed by atoms with van der Waals surface area (Å²) in [4.78, 5) is 7.78. The lowest BCUT2D eigenvalue weighted by atomic mass is 10.3. The summed E-state index contributed by atoms with van der Waals surface area (Å²) in [6, 6.07) is 2.35. The van der Waals surface area contributed by atoms with Gasteiger partial charge in [0.1, 0.15) is 11.6 Å². The molecule has 92 valence electrons. The van der Waals surface area contributed by atoms with E-state index in [1.807, 2.05) is 21.2 Å². The van der Waals surface area contributed by atoms with Crippen molar-refractivity contribution >= 4 is 27.5 Å². The van der Waals surface area contributed by atoms with Gasteiger partial charge in [-0.25, -0.2) is 8.78 Å². The Morgan fingerprint density at radius 3 is 2.24 bits per heavy atom. The van der Waals surface area contributed by atoms with E-state index in [2.05, 4.69) is 0 Å². The minimum atomic E-state index is -3.31. The lowest BCUT2D eigenvalue weighted by Crippen LogP contribution is -2.10. The third-order valence-corrected chi connectivity index (χ3v) is 1.82. The van der Waals surface area contributed by atoms with Crippen molar-refractivity contribution in [1.82, 2.24) is 0 Å². The van der Waals surface area contributed by atoms with E-state index >= 15 is 0 Å². The molecule has 0 aromatic heterocycles. The first-order valence-corrected chi connectivity index (χ1v) is 5.08. The van der Waals surface area contributed by atoms with E-state index in [0.29, 0.717) is 18.2 Å². The number of allylic oxidation sites excluding steroid dienone is 1. The van der Waals surface area contributed by atoms with E-state index in [9.17, 15) is 22.4 Å². The molecule has 17 heavy (non-hydrogen) atoms. The maximum absolute atomic E-state index is 12.7. The van der Waals surface area contributed by atoms with Gasteiger partial charge in [0.2, 0.25) is 5.91 Å². The van der Waals surface area contributed by atoms with Gasteiger partial charge < -0.3 is 5.32 Å². The third kappa shape index (κ3) is 5.48. The van der Waals surface area contributed by atoms with Gasteiger partial charge in [0.25, 0.3) is 0 Å². The van der Waals surface area contributed by atoms with E-state index in [1.54, 1.807) is 0 Å². The molecule has 0 saturated heterocycles. The van der Waals surface area contributed by atoms with Gasteiger partial charge in [-0.3, -0.25) is 4.79 Å². The highest BCUT2D eigenvalue weighted by Gasteiger charge is 2.18. The number of halogens is 5. The molecule has 1 aromatic rings. The number of anilines is 1. The number of nitrogens with one attached hydrogen (secondary N) is 1. The number of hydrogen-bond donors (Lipinski definition) is 1. The number of amides is 1. The summed E-state index contributed by atoms with van der Waals surface area (Å²) in [7, 11) is 0. The number of hydrogen-bond acceptors (Lipinski definition) is 1. The maximum Gasteiger partial charge on any atom is 0.320 e. The number of alkyl halides is 3. The zero-order valence-electron chi connectivity index (χ0n) is 8.18. The summed E-state index contributed by atoms with van der Waals surface area (Å²) in [5.74, 6) is -2.68. The van der Waals surface area contributed by atoms with Crippen LogP contribution in [0.15, 0.2) is 30.4 Å². The maximum atomic E-state index is 12.7. The topological polar surface area (TPSA) is 29.1 Å². The molecule has 0 spiro atoms. The smallest absolute Gasteiger partial charge is 0.320 e. The summed E-state index contributed by atoms with van der Waals surface area (Å²) in [6.45, 7) is 0. The minimum absolute atomic E-state index is 0.157. The molecule has 0 radical (unpaired) electrons. The molecule has 1 N–H and O–H groups in total. The SMILES string of the molecule is O=C(/C=C/C(F)(F)Br)Nc1cc(F)cc(F)c1. The van der Waals surface area contributed by atoms with Gasteiger partial charge in [0, 0.05) is 23.9 Å². The average Bonchev–Trinajstić information content (AvgIpc) is 2.11. The van der Waals surface area contributed by atoms with Crippen molar-refractivity contribution < 1.29 is 22.4 Å². The molecule has 0 bridgehead atoms. The van der Waals surface area contributed by atoms with Crippen LogP contribution in [0.5, 0.6) is 0 Å². The largest absolute Gasteiger partial charge is 0.322 e. The van der Waals surface area contributed by atoms with E-state index in [1.165, 1.54) is 0 Å². The first-order valence-electron chi connectivity index (χ1n) is 4.29. The molecule has 0 unspecified atom stereocenters. The van der Waals surface area contributed by atoms with Crippen molar-refractivity contribution in [2.75, 3.05) is 5.32 Å². The van der Waals surface area contributed by atoms with Crippen LogP contribution in [0.25, 0.3) is 0 Å². The summed E-state index contributed by atoms with van der Waals surface area (Å²) in [5, 5.41) is 2.04.